The maximum absolute atomic E-state index is 12.7. The van der Waals surface area contributed by atoms with Gasteiger partial charge in [-0.2, -0.15) is 0 Å². The fraction of sp³-hybridized carbons (Fsp3) is 0.706. The molecule has 2 unspecified atom stereocenters. The molecule has 2 fully saturated rings. The molecule has 1 aromatic rings. The summed E-state index contributed by atoms with van der Waals surface area (Å²) in [5.41, 5.74) is 0. The van der Waals surface area contributed by atoms with Crippen molar-refractivity contribution in [3.05, 3.63) is 21.9 Å². The van der Waals surface area contributed by atoms with E-state index < -0.39 is 0 Å². The zero-order chi connectivity index (χ0) is 14.8. The van der Waals surface area contributed by atoms with E-state index in [2.05, 4.69) is 36.2 Å². The van der Waals surface area contributed by atoms with E-state index in [0.717, 1.165) is 13.0 Å². The summed E-state index contributed by atoms with van der Waals surface area (Å²) >= 11 is 1.81. The third-order valence-electron chi connectivity index (χ3n) is 4.87. The smallest absolute Gasteiger partial charge is 0.241 e. The highest BCUT2D eigenvalue weighted by molar-refractivity contribution is 7.12. The van der Waals surface area contributed by atoms with E-state index in [9.17, 15) is 4.79 Å². The Morgan fingerprint density at radius 3 is 2.67 bits per heavy atom. The molecule has 1 saturated carbocycles. The molecule has 2 aliphatic rings. The molecule has 116 valence electrons. The van der Waals surface area contributed by atoms with Crippen molar-refractivity contribution in [2.24, 2.45) is 5.92 Å². The molecule has 3 nitrogen and oxygen atoms in total. The van der Waals surface area contributed by atoms with Crippen molar-refractivity contribution in [3.63, 3.8) is 0 Å². The van der Waals surface area contributed by atoms with Crippen LogP contribution in [0.5, 0.6) is 0 Å². The van der Waals surface area contributed by atoms with Gasteiger partial charge in [0.05, 0.1) is 6.04 Å². The number of rotatable bonds is 4. The zero-order valence-corrected chi connectivity index (χ0v) is 13.9. The predicted octanol–water partition coefficient (Wildman–Crippen LogP) is 3.85. The van der Waals surface area contributed by atoms with Gasteiger partial charge in [-0.15, -0.1) is 11.3 Å². The lowest BCUT2D eigenvalue weighted by atomic mass is 9.89. The number of nitrogens with zero attached hydrogens (tertiary/aromatic N) is 1. The number of aryl methyl sites for hydroxylation is 1. The average Bonchev–Trinajstić information content (AvgIpc) is 3.05. The number of carbonyl (C=O) groups is 1. The largest absolute Gasteiger partial charge is 0.320 e. The second kappa shape index (κ2) is 6.49. The Hall–Kier alpha value is -0.870. The summed E-state index contributed by atoms with van der Waals surface area (Å²) in [7, 11) is 0. The Labute approximate surface area is 131 Å². The van der Waals surface area contributed by atoms with Crippen LogP contribution in [0.1, 0.15) is 61.4 Å². The summed E-state index contributed by atoms with van der Waals surface area (Å²) in [6, 6.07) is 4.34. The highest BCUT2D eigenvalue weighted by Gasteiger charge is 2.40. The van der Waals surface area contributed by atoms with E-state index >= 15 is 0 Å². The number of thiophene rings is 1. The van der Waals surface area contributed by atoms with Crippen molar-refractivity contribution in [3.8, 4) is 0 Å². The quantitative estimate of drug-likeness (QED) is 0.916. The number of nitrogens with one attached hydrogen (secondary N) is 1. The molecule has 1 aliphatic heterocycles. The molecule has 2 heterocycles. The Morgan fingerprint density at radius 2 is 2.05 bits per heavy atom. The molecule has 1 saturated heterocycles. The summed E-state index contributed by atoms with van der Waals surface area (Å²) in [6.45, 7) is 5.16. The molecule has 1 N–H and O–H groups in total. The van der Waals surface area contributed by atoms with Gasteiger partial charge in [-0.25, -0.2) is 0 Å². The molecule has 0 bridgehead atoms. The van der Waals surface area contributed by atoms with Crippen molar-refractivity contribution >= 4 is 17.2 Å². The first-order valence-corrected chi connectivity index (χ1v) is 9.13. The molecular formula is C17H26N2OS. The maximum Gasteiger partial charge on any atom is 0.241 e. The normalized spacial score (nSPS) is 27.5. The van der Waals surface area contributed by atoms with Crippen LogP contribution < -0.4 is 5.32 Å². The predicted molar refractivity (Wildman–Crippen MR) is 87.3 cm³/mol. The Morgan fingerprint density at radius 1 is 1.29 bits per heavy atom. The van der Waals surface area contributed by atoms with Gasteiger partial charge in [0.15, 0.2) is 0 Å². The van der Waals surface area contributed by atoms with E-state index in [1.165, 1.54) is 41.9 Å². The van der Waals surface area contributed by atoms with E-state index in [1.54, 1.807) is 0 Å². The molecule has 1 amide bonds. The molecule has 0 spiro atoms. The van der Waals surface area contributed by atoms with Gasteiger partial charge in [0, 0.05) is 16.3 Å². The van der Waals surface area contributed by atoms with Crippen LogP contribution in [0.3, 0.4) is 0 Å². The summed E-state index contributed by atoms with van der Waals surface area (Å²) < 4.78 is 0. The van der Waals surface area contributed by atoms with Gasteiger partial charge < -0.3 is 4.90 Å². The standard InChI is InChI=1S/C17H26N2OS/c1-3-14-17(20)19(11-13-7-5-4-6-8-13)16(18-14)15-10-9-12(2)21-15/h9-10,13-14,16,18H,3-8,11H2,1-2H3. The van der Waals surface area contributed by atoms with Crippen molar-refractivity contribution in [2.75, 3.05) is 6.54 Å². The van der Waals surface area contributed by atoms with Crippen LogP contribution in [0.2, 0.25) is 0 Å². The van der Waals surface area contributed by atoms with Gasteiger partial charge in [0.25, 0.3) is 0 Å². The van der Waals surface area contributed by atoms with Crippen molar-refractivity contribution in [1.29, 1.82) is 0 Å². The van der Waals surface area contributed by atoms with Crippen LogP contribution >= 0.6 is 11.3 Å². The minimum atomic E-state index is 0.000923. The molecule has 1 aromatic heterocycles. The molecule has 0 radical (unpaired) electrons. The van der Waals surface area contributed by atoms with E-state index in [0.29, 0.717) is 11.8 Å². The van der Waals surface area contributed by atoms with Crippen LogP contribution in [0, 0.1) is 12.8 Å². The lowest BCUT2D eigenvalue weighted by Crippen LogP contribution is -2.35. The molecule has 2 atom stereocenters. The van der Waals surface area contributed by atoms with E-state index in [4.69, 9.17) is 0 Å². The molecule has 0 aromatic carbocycles. The third kappa shape index (κ3) is 3.16. The van der Waals surface area contributed by atoms with Gasteiger partial charge in [0.1, 0.15) is 6.17 Å². The maximum atomic E-state index is 12.7. The topological polar surface area (TPSA) is 32.3 Å². The van der Waals surface area contributed by atoms with Crippen LogP contribution in [0.25, 0.3) is 0 Å². The summed E-state index contributed by atoms with van der Waals surface area (Å²) in [6.07, 6.45) is 7.59. The first-order chi connectivity index (χ1) is 10.2. The average molecular weight is 306 g/mol. The number of carbonyl (C=O) groups excluding carboxylic acids is 1. The highest BCUT2D eigenvalue weighted by Crippen LogP contribution is 2.34. The summed E-state index contributed by atoms with van der Waals surface area (Å²) in [5.74, 6) is 1.00. The third-order valence-corrected chi connectivity index (χ3v) is 5.92. The van der Waals surface area contributed by atoms with Crippen LogP contribution in [0.4, 0.5) is 0 Å². The monoisotopic (exact) mass is 306 g/mol. The first-order valence-electron chi connectivity index (χ1n) is 8.32. The number of amides is 1. The zero-order valence-electron chi connectivity index (χ0n) is 13.1. The van der Waals surface area contributed by atoms with Gasteiger partial charge in [0.2, 0.25) is 5.91 Å². The highest BCUT2D eigenvalue weighted by atomic mass is 32.1. The second-order valence-corrected chi connectivity index (χ2v) is 7.79. The summed E-state index contributed by atoms with van der Waals surface area (Å²) in [4.78, 5) is 17.4. The number of hydrogen-bond donors (Lipinski definition) is 1. The summed E-state index contributed by atoms with van der Waals surface area (Å²) in [5, 5.41) is 3.55. The van der Waals surface area contributed by atoms with Gasteiger partial charge in [-0.1, -0.05) is 26.2 Å². The van der Waals surface area contributed by atoms with Gasteiger partial charge in [-0.3, -0.25) is 10.1 Å². The fourth-order valence-electron chi connectivity index (χ4n) is 3.65. The first kappa shape index (κ1) is 15.0. The lowest BCUT2D eigenvalue weighted by Gasteiger charge is -2.30. The Balaban J connectivity index is 1.77. The van der Waals surface area contributed by atoms with Gasteiger partial charge >= 0.3 is 0 Å². The van der Waals surface area contributed by atoms with Crippen molar-refractivity contribution in [1.82, 2.24) is 10.2 Å². The molecule has 21 heavy (non-hydrogen) atoms. The van der Waals surface area contributed by atoms with Gasteiger partial charge in [-0.05, 0) is 44.2 Å². The lowest BCUT2D eigenvalue weighted by molar-refractivity contribution is -0.130. The molecular weight excluding hydrogens is 280 g/mol. The molecule has 3 rings (SSSR count). The number of hydrogen-bond acceptors (Lipinski definition) is 3. The van der Waals surface area contributed by atoms with Crippen LogP contribution in [0.15, 0.2) is 12.1 Å². The SMILES string of the molecule is CCC1NC(c2ccc(C)s2)N(CC2CCCCC2)C1=O. The minimum absolute atomic E-state index is 0.000923. The Bertz CT molecular complexity index is 493. The van der Waals surface area contributed by atoms with Crippen LogP contribution in [-0.4, -0.2) is 23.4 Å². The molecule has 1 aliphatic carbocycles. The van der Waals surface area contributed by atoms with Crippen LogP contribution in [-0.2, 0) is 4.79 Å². The molecule has 4 heteroatoms. The minimum Gasteiger partial charge on any atom is -0.320 e. The van der Waals surface area contributed by atoms with E-state index in [-0.39, 0.29) is 12.2 Å². The van der Waals surface area contributed by atoms with Crippen molar-refractivity contribution in [2.45, 2.75) is 64.6 Å². The van der Waals surface area contributed by atoms with E-state index in [1.807, 2.05) is 11.3 Å². The van der Waals surface area contributed by atoms with Crippen molar-refractivity contribution < 1.29 is 4.79 Å². The Kier molecular flexibility index (Phi) is 4.65. The second-order valence-electron chi connectivity index (χ2n) is 6.47. The fourth-order valence-corrected chi connectivity index (χ4v) is 4.60.